The summed E-state index contributed by atoms with van der Waals surface area (Å²) in [5.74, 6) is 0.222. The summed E-state index contributed by atoms with van der Waals surface area (Å²) in [6.45, 7) is 0. The predicted octanol–water partition coefficient (Wildman–Crippen LogP) is 1.41. The quantitative estimate of drug-likeness (QED) is 0.790. The van der Waals surface area contributed by atoms with Crippen molar-refractivity contribution in [2.75, 3.05) is 7.11 Å². The van der Waals surface area contributed by atoms with Gasteiger partial charge in [0.2, 0.25) is 11.8 Å². The second kappa shape index (κ2) is 8.53. The summed E-state index contributed by atoms with van der Waals surface area (Å²) in [4.78, 5) is 27.5. The van der Waals surface area contributed by atoms with E-state index in [0.717, 1.165) is 16.9 Å². The standard InChI is InChI=1S/C17H19N3O3/c1-23-15-7-4-13(5-8-15)11-17(22)20-19-16(21)9-6-14-3-2-10-18-12-14/h2-5,7-8,10,12H,6,9,11H2,1H3,(H,19,21)(H,20,22). The highest BCUT2D eigenvalue weighted by atomic mass is 16.5. The zero-order chi connectivity index (χ0) is 16.5. The minimum atomic E-state index is -0.273. The molecule has 0 unspecified atom stereocenters. The lowest BCUT2D eigenvalue weighted by Gasteiger charge is -2.08. The molecule has 0 radical (unpaired) electrons. The van der Waals surface area contributed by atoms with Gasteiger partial charge in [-0.05, 0) is 35.7 Å². The number of aryl methyl sites for hydroxylation is 1. The van der Waals surface area contributed by atoms with Crippen LogP contribution in [0.1, 0.15) is 17.5 Å². The van der Waals surface area contributed by atoms with E-state index in [2.05, 4.69) is 15.8 Å². The number of carbonyl (C=O) groups excluding carboxylic acids is 2. The lowest BCUT2D eigenvalue weighted by atomic mass is 10.1. The van der Waals surface area contributed by atoms with Gasteiger partial charge in [-0.15, -0.1) is 0 Å². The minimum absolute atomic E-state index is 0.187. The monoisotopic (exact) mass is 313 g/mol. The Kier molecular flexibility index (Phi) is 6.11. The minimum Gasteiger partial charge on any atom is -0.497 e. The number of carbonyl (C=O) groups is 2. The maximum absolute atomic E-state index is 11.8. The van der Waals surface area contributed by atoms with Crippen LogP contribution in [-0.2, 0) is 22.4 Å². The van der Waals surface area contributed by atoms with E-state index in [1.165, 1.54) is 0 Å². The van der Waals surface area contributed by atoms with Gasteiger partial charge in [0.1, 0.15) is 5.75 Å². The molecule has 2 aromatic rings. The van der Waals surface area contributed by atoms with Gasteiger partial charge in [-0.2, -0.15) is 0 Å². The molecule has 0 aliphatic rings. The van der Waals surface area contributed by atoms with E-state index in [9.17, 15) is 9.59 Å². The van der Waals surface area contributed by atoms with Crippen molar-refractivity contribution >= 4 is 11.8 Å². The topological polar surface area (TPSA) is 80.3 Å². The number of amides is 2. The first-order chi connectivity index (χ1) is 11.2. The number of hydrogen-bond acceptors (Lipinski definition) is 4. The van der Waals surface area contributed by atoms with Crippen LogP contribution in [0.5, 0.6) is 5.75 Å². The Bertz CT molecular complexity index is 642. The number of hydrazine groups is 1. The zero-order valence-electron chi connectivity index (χ0n) is 12.9. The second-order valence-electron chi connectivity index (χ2n) is 4.98. The number of benzene rings is 1. The molecule has 1 heterocycles. The van der Waals surface area contributed by atoms with E-state index in [1.54, 1.807) is 31.6 Å². The number of methoxy groups -OCH3 is 1. The summed E-state index contributed by atoms with van der Waals surface area (Å²) in [7, 11) is 1.59. The summed E-state index contributed by atoms with van der Waals surface area (Å²) in [5.41, 5.74) is 6.64. The fourth-order valence-corrected chi connectivity index (χ4v) is 1.98. The molecule has 6 heteroatoms. The summed E-state index contributed by atoms with van der Waals surface area (Å²) < 4.78 is 5.05. The Morgan fingerprint density at radius 2 is 1.78 bits per heavy atom. The van der Waals surface area contributed by atoms with E-state index in [0.29, 0.717) is 6.42 Å². The summed E-state index contributed by atoms with van der Waals surface area (Å²) in [6.07, 6.45) is 4.45. The Hall–Kier alpha value is -2.89. The number of nitrogens with zero attached hydrogens (tertiary/aromatic N) is 1. The highest BCUT2D eigenvalue weighted by Crippen LogP contribution is 2.11. The molecule has 1 aromatic carbocycles. The Labute approximate surface area is 134 Å². The first-order valence-corrected chi connectivity index (χ1v) is 7.27. The number of pyridine rings is 1. The van der Waals surface area contributed by atoms with Gasteiger partial charge >= 0.3 is 0 Å². The van der Waals surface area contributed by atoms with Crippen LogP contribution < -0.4 is 15.6 Å². The fourth-order valence-electron chi connectivity index (χ4n) is 1.98. The number of aromatic nitrogens is 1. The lowest BCUT2D eigenvalue weighted by Crippen LogP contribution is -2.42. The molecule has 0 aliphatic carbocycles. The van der Waals surface area contributed by atoms with Crippen LogP contribution >= 0.6 is 0 Å². The Morgan fingerprint density at radius 3 is 2.43 bits per heavy atom. The van der Waals surface area contributed by atoms with Crippen LogP contribution in [-0.4, -0.2) is 23.9 Å². The van der Waals surface area contributed by atoms with Crippen LogP contribution in [0.4, 0.5) is 0 Å². The van der Waals surface area contributed by atoms with Crippen molar-refractivity contribution < 1.29 is 14.3 Å². The lowest BCUT2D eigenvalue weighted by molar-refractivity contribution is -0.128. The average molecular weight is 313 g/mol. The first-order valence-electron chi connectivity index (χ1n) is 7.27. The van der Waals surface area contributed by atoms with Gasteiger partial charge in [0.15, 0.2) is 0 Å². The van der Waals surface area contributed by atoms with E-state index >= 15 is 0 Å². The number of rotatable bonds is 6. The van der Waals surface area contributed by atoms with E-state index in [1.807, 2.05) is 24.3 Å². The van der Waals surface area contributed by atoms with Gasteiger partial charge in [0.25, 0.3) is 0 Å². The summed E-state index contributed by atoms with van der Waals surface area (Å²) >= 11 is 0. The maximum Gasteiger partial charge on any atom is 0.242 e. The smallest absolute Gasteiger partial charge is 0.242 e. The van der Waals surface area contributed by atoms with Gasteiger partial charge in [0.05, 0.1) is 13.5 Å². The van der Waals surface area contributed by atoms with Crippen molar-refractivity contribution in [3.63, 3.8) is 0 Å². The molecule has 0 fully saturated rings. The van der Waals surface area contributed by atoms with Crippen LogP contribution in [0, 0.1) is 0 Å². The molecule has 2 rings (SSSR count). The first kappa shape index (κ1) is 16.5. The van der Waals surface area contributed by atoms with Gasteiger partial charge in [-0.3, -0.25) is 25.4 Å². The fraction of sp³-hybridized carbons (Fsp3) is 0.235. The van der Waals surface area contributed by atoms with Gasteiger partial charge < -0.3 is 4.74 Å². The largest absolute Gasteiger partial charge is 0.497 e. The molecule has 0 spiro atoms. The molecule has 23 heavy (non-hydrogen) atoms. The normalized spacial score (nSPS) is 9.96. The molecule has 0 atom stereocenters. The van der Waals surface area contributed by atoms with Gasteiger partial charge in [0, 0.05) is 18.8 Å². The maximum atomic E-state index is 11.8. The van der Waals surface area contributed by atoms with Crippen LogP contribution in [0.25, 0.3) is 0 Å². The molecule has 1 aromatic heterocycles. The predicted molar refractivity (Wildman–Crippen MR) is 85.5 cm³/mol. The van der Waals surface area contributed by atoms with Crippen molar-refractivity contribution in [2.45, 2.75) is 19.3 Å². The zero-order valence-corrected chi connectivity index (χ0v) is 12.9. The molecule has 0 saturated carbocycles. The molecule has 2 N–H and O–H groups in total. The van der Waals surface area contributed by atoms with Crippen LogP contribution in [0.2, 0.25) is 0 Å². The van der Waals surface area contributed by atoms with Crippen molar-refractivity contribution in [1.82, 2.24) is 15.8 Å². The molecule has 0 aliphatic heterocycles. The molecule has 2 amide bonds. The Balaban J connectivity index is 1.69. The van der Waals surface area contributed by atoms with Crippen LogP contribution in [0.15, 0.2) is 48.8 Å². The molecule has 0 bridgehead atoms. The molecule has 120 valence electrons. The van der Waals surface area contributed by atoms with Crippen molar-refractivity contribution in [3.05, 3.63) is 59.9 Å². The molecular weight excluding hydrogens is 294 g/mol. The van der Waals surface area contributed by atoms with E-state index < -0.39 is 0 Å². The summed E-state index contributed by atoms with van der Waals surface area (Å²) in [6, 6.07) is 10.9. The third-order valence-electron chi connectivity index (χ3n) is 3.23. The number of ether oxygens (including phenoxy) is 1. The molecule has 6 nitrogen and oxygen atoms in total. The van der Waals surface area contributed by atoms with Gasteiger partial charge in [-0.25, -0.2) is 0 Å². The van der Waals surface area contributed by atoms with Crippen molar-refractivity contribution in [3.8, 4) is 5.75 Å². The molecular formula is C17H19N3O3. The SMILES string of the molecule is COc1ccc(CC(=O)NNC(=O)CCc2cccnc2)cc1. The van der Waals surface area contributed by atoms with Crippen LogP contribution in [0.3, 0.4) is 0 Å². The number of hydrogen-bond donors (Lipinski definition) is 2. The summed E-state index contributed by atoms with van der Waals surface area (Å²) in [5, 5.41) is 0. The second-order valence-corrected chi connectivity index (χ2v) is 4.98. The van der Waals surface area contributed by atoms with Crippen molar-refractivity contribution in [2.24, 2.45) is 0 Å². The third-order valence-corrected chi connectivity index (χ3v) is 3.23. The van der Waals surface area contributed by atoms with E-state index in [4.69, 9.17) is 4.74 Å². The highest BCUT2D eigenvalue weighted by molar-refractivity contribution is 5.83. The molecule has 0 saturated heterocycles. The van der Waals surface area contributed by atoms with Gasteiger partial charge in [-0.1, -0.05) is 18.2 Å². The average Bonchev–Trinajstić information content (AvgIpc) is 2.60. The highest BCUT2D eigenvalue weighted by Gasteiger charge is 2.06. The Morgan fingerprint density at radius 1 is 1.04 bits per heavy atom. The van der Waals surface area contributed by atoms with Crippen molar-refractivity contribution in [1.29, 1.82) is 0 Å². The number of nitrogens with one attached hydrogen (secondary N) is 2. The van der Waals surface area contributed by atoms with E-state index in [-0.39, 0.29) is 24.7 Å². The third kappa shape index (κ3) is 5.78.